The van der Waals surface area contributed by atoms with E-state index in [1.165, 1.54) is 11.3 Å². The third kappa shape index (κ3) is 2.40. The summed E-state index contributed by atoms with van der Waals surface area (Å²) in [5.74, 6) is 6.04. The molecule has 1 N–H and O–H groups in total. The molecule has 0 spiro atoms. The van der Waals surface area contributed by atoms with Gasteiger partial charge in [-0.05, 0) is 27.8 Å². The third-order valence-electron chi connectivity index (χ3n) is 2.74. The Kier molecular flexibility index (Phi) is 3.93. The Morgan fingerprint density at radius 1 is 1.47 bits per heavy atom. The Bertz CT molecular complexity index is 393. The zero-order valence-electron chi connectivity index (χ0n) is 10.2. The molecule has 0 fully saturated rings. The van der Waals surface area contributed by atoms with Gasteiger partial charge in [0, 0.05) is 30.8 Å². The standard InChI is InChI=1S/C12H19N3/c1-6-7-8-11(13-4)12-9(2)14-15(5)10(12)3/h11,13H,8H2,1-5H3. The molecule has 1 unspecified atom stereocenters. The molecule has 15 heavy (non-hydrogen) atoms. The molecule has 3 heteroatoms. The van der Waals surface area contributed by atoms with E-state index in [-0.39, 0.29) is 6.04 Å². The summed E-state index contributed by atoms with van der Waals surface area (Å²) >= 11 is 0. The van der Waals surface area contributed by atoms with Crippen LogP contribution in [0.1, 0.15) is 36.3 Å². The number of aryl methyl sites for hydroxylation is 2. The molecular formula is C12H19N3. The van der Waals surface area contributed by atoms with Crippen LogP contribution < -0.4 is 5.32 Å². The lowest BCUT2D eigenvalue weighted by atomic mass is 10.0. The van der Waals surface area contributed by atoms with Gasteiger partial charge in [-0.3, -0.25) is 4.68 Å². The quantitative estimate of drug-likeness (QED) is 0.761. The topological polar surface area (TPSA) is 29.9 Å². The molecule has 1 heterocycles. The molecule has 0 bridgehead atoms. The second kappa shape index (κ2) is 4.99. The van der Waals surface area contributed by atoms with Gasteiger partial charge in [0.15, 0.2) is 0 Å². The van der Waals surface area contributed by atoms with Gasteiger partial charge >= 0.3 is 0 Å². The minimum Gasteiger partial charge on any atom is -0.312 e. The van der Waals surface area contributed by atoms with E-state index in [0.717, 1.165) is 12.1 Å². The van der Waals surface area contributed by atoms with Gasteiger partial charge in [0.2, 0.25) is 0 Å². The van der Waals surface area contributed by atoms with Crippen LogP contribution in [-0.4, -0.2) is 16.8 Å². The molecule has 0 aromatic carbocycles. The van der Waals surface area contributed by atoms with Crippen LogP contribution in [0, 0.1) is 25.7 Å². The highest BCUT2D eigenvalue weighted by Gasteiger charge is 2.17. The summed E-state index contributed by atoms with van der Waals surface area (Å²) in [5, 5.41) is 7.71. The summed E-state index contributed by atoms with van der Waals surface area (Å²) in [5.41, 5.74) is 3.58. The molecular weight excluding hydrogens is 186 g/mol. The van der Waals surface area contributed by atoms with Gasteiger partial charge in [0.1, 0.15) is 0 Å². The van der Waals surface area contributed by atoms with Crippen molar-refractivity contribution in [3.8, 4) is 11.8 Å². The minimum atomic E-state index is 0.283. The number of nitrogens with zero attached hydrogens (tertiary/aromatic N) is 2. The van der Waals surface area contributed by atoms with Crippen molar-refractivity contribution in [2.24, 2.45) is 7.05 Å². The summed E-state index contributed by atoms with van der Waals surface area (Å²) in [6.45, 7) is 6.01. The van der Waals surface area contributed by atoms with Crippen LogP contribution in [-0.2, 0) is 7.05 Å². The van der Waals surface area contributed by atoms with E-state index < -0.39 is 0 Å². The molecule has 1 aromatic heterocycles. The summed E-state index contributed by atoms with van der Waals surface area (Å²) < 4.78 is 1.92. The van der Waals surface area contributed by atoms with Crippen LogP contribution in [0.3, 0.4) is 0 Å². The predicted molar refractivity (Wildman–Crippen MR) is 62.5 cm³/mol. The monoisotopic (exact) mass is 205 g/mol. The first-order valence-electron chi connectivity index (χ1n) is 5.18. The highest BCUT2D eigenvalue weighted by molar-refractivity contribution is 5.29. The largest absolute Gasteiger partial charge is 0.312 e. The lowest BCUT2D eigenvalue weighted by Crippen LogP contribution is -2.17. The molecule has 0 aliphatic carbocycles. The van der Waals surface area contributed by atoms with E-state index >= 15 is 0 Å². The zero-order chi connectivity index (χ0) is 11.4. The molecule has 1 aromatic rings. The molecule has 0 amide bonds. The van der Waals surface area contributed by atoms with E-state index in [1.54, 1.807) is 0 Å². The van der Waals surface area contributed by atoms with Crippen LogP contribution in [0.4, 0.5) is 0 Å². The molecule has 1 rings (SSSR count). The Hall–Kier alpha value is -1.27. The molecule has 0 saturated heterocycles. The first kappa shape index (κ1) is 11.8. The fourth-order valence-corrected chi connectivity index (χ4v) is 1.85. The van der Waals surface area contributed by atoms with Crippen LogP contribution in [0.2, 0.25) is 0 Å². The summed E-state index contributed by atoms with van der Waals surface area (Å²) in [4.78, 5) is 0. The average molecular weight is 205 g/mol. The smallest absolute Gasteiger partial charge is 0.0644 e. The minimum absolute atomic E-state index is 0.283. The van der Waals surface area contributed by atoms with Gasteiger partial charge in [0.05, 0.1) is 5.69 Å². The van der Waals surface area contributed by atoms with Gasteiger partial charge in [-0.2, -0.15) is 5.10 Å². The maximum Gasteiger partial charge on any atom is 0.0644 e. The van der Waals surface area contributed by atoms with Gasteiger partial charge in [-0.25, -0.2) is 0 Å². The molecule has 0 saturated carbocycles. The Morgan fingerprint density at radius 2 is 2.13 bits per heavy atom. The van der Waals surface area contributed by atoms with Crippen molar-refractivity contribution >= 4 is 0 Å². The van der Waals surface area contributed by atoms with Crippen molar-refractivity contribution in [3.05, 3.63) is 17.0 Å². The van der Waals surface area contributed by atoms with E-state index in [1.807, 2.05) is 32.6 Å². The number of nitrogens with one attached hydrogen (secondary N) is 1. The lowest BCUT2D eigenvalue weighted by molar-refractivity contribution is 0.603. The van der Waals surface area contributed by atoms with Crippen molar-refractivity contribution in [1.82, 2.24) is 15.1 Å². The van der Waals surface area contributed by atoms with E-state index in [4.69, 9.17) is 0 Å². The lowest BCUT2D eigenvalue weighted by Gasteiger charge is -2.13. The normalized spacial score (nSPS) is 12.1. The van der Waals surface area contributed by atoms with Crippen molar-refractivity contribution < 1.29 is 0 Å². The van der Waals surface area contributed by atoms with Gasteiger partial charge in [-0.15, -0.1) is 11.8 Å². The van der Waals surface area contributed by atoms with Gasteiger partial charge in [0.25, 0.3) is 0 Å². The molecule has 3 nitrogen and oxygen atoms in total. The van der Waals surface area contributed by atoms with Gasteiger partial charge in [-0.1, -0.05) is 0 Å². The zero-order valence-corrected chi connectivity index (χ0v) is 10.2. The second-order valence-corrected chi connectivity index (χ2v) is 3.68. The van der Waals surface area contributed by atoms with Crippen molar-refractivity contribution in [1.29, 1.82) is 0 Å². The first-order valence-corrected chi connectivity index (χ1v) is 5.18. The predicted octanol–water partition coefficient (Wildman–Crippen LogP) is 1.71. The highest BCUT2D eigenvalue weighted by Crippen LogP contribution is 2.22. The Balaban J connectivity index is 3.04. The van der Waals surface area contributed by atoms with Gasteiger partial charge < -0.3 is 5.32 Å². The van der Waals surface area contributed by atoms with Crippen molar-refractivity contribution in [2.45, 2.75) is 33.2 Å². The van der Waals surface area contributed by atoms with Crippen molar-refractivity contribution in [3.63, 3.8) is 0 Å². The highest BCUT2D eigenvalue weighted by atomic mass is 15.3. The Morgan fingerprint density at radius 3 is 2.53 bits per heavy atom. The second-order valence-electron chi connectivity index (χ2n) is 3.68. The van der Waals surface area contributed by atoms with Crippen molar-refractivity contribution in [2.75, 3.05) is 7.05 Å². The van der Waals surface area contributed by atoms with Crippen LogP contribution in [0.15, 0.2) is 0 Å². The molecule has 0 aliphatic rings. The summed E-state index contributed by atoms with van der Waals surface area (Å²) in [6, 6.07) is 0.283. The number of aromatic nitrogens is 2. The van der Waals surface area contributed by atoms with E-state index in [0.29, 0.717) is 0 Å². The third-order valence-corrected chi connectivity index (χ3v) is 2.74. The summed E-state index contributed by atoms with van der Waals surface area (Å²) in [7, 11) is 3.94. The van der Waals surface area contributed by atoms with E-state index in [2.05, 4.69) is 29.2 Å². The number of rotatable bonds is 3. The fourth-order valence-electron chi connectivity index (χ4n) is 1.85. The Labute approximate surface area is 91.9 Å². The number of hydrogen-bond acceptors (Lipinski definition) is 2. The molecule has 82 valence electrons. The van der Waals surface area contributed by atoms with Crippen LogP contribution in [0.25, 0.3) is 0 Å². The SMILES string of the molecule is CC#CCC(NC)c1c(C)nn(C)c1C. The van der Waals surface area contributed by atoms with Crippen LogP contribution in [0.5, 0.6) is 0 Å². The first-order chi connectivity index (χ1) is 7.11. The molecule has 1 atom stereocenters. The molecule has 0 radical (unpaired) electrons. The fraction of sp³-hybridized carbons (Fsp3) is 0.583. The average Bonchev–Trinajstić information content (AvgIpc) is 2.45. The maximum absolute atomic E-state index is 4.42. The molecule has 0 aliphatic heterocycles. The van der Waals surface area contributed by atoms with Crippen LogP contribution >= 0.6 is 0 Å². The number of hydrogen-bond donors (Lipinski definition) is 1. The summed E-state index contributed by atoms with van der Waals surface area (Å²) in [6.07, 6.45) is 0.834. The van der Waals surface area contributed by atoms with E-state index in [9.17, 15) is 0 Å². The maximum atomic E-state index is 4.42.